The van der Waals surface area contributed by atoms with E-state index in [1.165, 1.54) is 283 Å². The van der Waals surface area contributed by atoms with E-state index < -0.39 is 6.10 Å². The molecule has 78 heavy (non-hydrogen) atoms. The molecule has 0 heterocycles. The molecule has 1 atom stereocenters. The van der Waals surface area contributed by atoms with E-state index in [2.05, 4.69) is 45.1 Å². The molecule has 0 saturated carbocycles. The fraction of sp³-hybridized carbons (Fsp3) is 0.903. The highest BCUT2D eigenvalue weighted by molar-refractivity contribution is 5.71. The largest absolute Gasteiger partial charge is 0.462 e. The smallest absolute Gasteiger partial charge is 0.306 e. The van der Waals surface area contributed by atoms with E-state index in [1.54, 1.807) is 0 Å². The van der Waals surface area contributed by atoms with Crippen LogP contribution in [-0.2, 0) is 28.6 Å². The van der Waals surface area contributed by atoms with Crippen molar-refractivity contribution in [3.05, 3.63) is 24.3 Å². The Hall–Kier alpha value is -2.11. The first-order valence-electron chi connectivity index (χ1n) is 35.3. The summed E-state index contributed by atoms with van der Waals surface area (Å²) in [6.45, 7) is 6.67. The van der Waals surface area contributed by atoms with E-state index in [9.17, 15) is 14.4 Å². The Morgan fingerprint density at radius 2 is 0.462 bits per heavy atom. The van der Waals surface area contributed by atoms with E-state index in [-0.39, 0.29) is 31.1 Å². The topological polar surface area (TPSA) is 78.9 Å². The zero-order valence-electron chi connectivity index (χ0n) is 53.0. The highest BCUT2D eigenvalue weighted by Gasteiger charge is 2.19. The van der Waals surface area contributed by atoms with Gasteiger partial charge in [-0.05, 0) is 51.4 Å². The predicted octanol–water partition coefficient (Wildman–Crippen LogP) is 24.2. The highest BCUT2D eigenvalue weighted by Crippen LogP contribution is 2.19. The lowest BCUT2D eigenvalue weighted by Crippen LogP contribution is -2.30. The normalized spacial score (nSPS) is 12.1. The molecular weight excluding hydrogens is 961 g/mol. The Morgan fingerprint density at radius 3 is 0.718 bits per heavy atom. The lowest BCUT2D eigenvalue weighted by atomic mass is 10.0. The van der Waals surface area contributed by atoms with E-state index in [0.29, 0.717) is 19.3 Å². The number of rotatable bonds is 66. The quantitative estimate of drug-likeness (QED) is 0.0261. The van der Waals surface area contributed by atoms with Gasteiger partial charge in [-0.2, -0.15) is 0 Å². The maximum absolute atomic E-state index is 12.9. The van der Waals surface area contributed by atoms with Crippen molar-refractivity contribution in [2.24, 2.45) is 0 Å². The van der Waals surface area contributed by atoms with Crippen LogP contribution in [0.5, 0.6) is 0 Å². The summed E-state index contributed by atoms with van der Waals surface area (Å²) in [4.78, 5) is 38.2. The molecule has 0 aromatic rings. The molecule has 0 spiro atoms. The summed E-state index contributed by atoms with van der Waals surface area (Å²) >= 11 is 0. The van der Waals surface area contributed by atoms with Crippen molar-refractivity contribution in [2.75, 3.05) is 13.2 Å². The third-order valence-corrected chi connectivity index (χ3v) is 16.2. The van der Waals surface area contributed by atoms with Crippen molar-refractivity contribution in [3.8, 4) is 0 Å². The molecular formula is C72H136O6. The van der Waals surface area contributed by atoms with Crippen molar-refractivity contribution in [1.29, 1.82) is 0 Å². The molecule has 0 aromatic heterocycles. The average Bonchev–Trinajstić information content (AvgIpc) is 3.44. The van der Waals surface area contributed by atoms with Gasteiger partial charge in [0.1, 0.15) is 13.2 Å². The number of ether oxygens (including phenoxy) is 3. The van der Waals surface area contributed by atoms with Gasteiger partial charge in [-0.1, -0.05) is 353 Å². The molecule has 0 saturated heterocycles. The SMILES string of the molecule is CCCCCC/C=C\C/C=C\CCCCCCCC(=O)OC(COC(=O)CCCCCCCCCCCC)COC(=O)CCCCCCCCCCCCCCCCCCCCCCCCCCCCCCCCCCCC. The molecule has 0 radical (unpaired) electrons. The molecule has 6 heteroatoms. The number of esters is 3. The van der Waals surface area contributed by atoms with Crippen molar-refractivity contribution in [3.63, 3.8) is 0 Å². The first-order valence-corrected chi connectivity index (χ1v) is 35.3. The van der Waals surface area contributed by atoms with Gasteiger partial charge in [0.05, 0.1) is 0 Å². The molecule has 0 aromatic carbocycles. The van der Waals surface area contributed by atoms with Crippen molar-refractivity contribution < 1.29 is 28.6 Å². The van der Waals surface area contributed by atoms with Crippen LogP contribution in [0.15, 0.2) is 24.3 Å². The minimum Gasteiger partial charge on any atom is -0.462 e. The first kappa shape index (κ1) is 75.9. The van der Waals surface area contributed by atoms with Gasteiger partial charge in [0, 0.05) is 19.3 Å². The monoisotopic (exact) mass is 1100 g/mol. The second kappa shape index (κ2) is 67.4. The molecule has 0 N–H and O–H groups in total. The summed E-state index contributed by atoms with van der Waals surface area (Å²) in [7, 11) is 0. The van der Waals surface area contributed by atoms with Gasteiger partial charge in [-0.15, -0.1) is 0 Å². The summed E-state index contributed by atoms with van der Waals surface area (Å²) in [6.07, 6.45) is 82.4. The first-order chi connectivity index (χ1) is 38.5. The second-order valence-electron chi connectivity index (χ2n) is 24.2. The lowest BCUT2D eigenvalue weighted by molar-refractivity contribution is -0.167. The molecule has 1 unspecified atom stereocenters. The van der Waals surface area contributed by atoms with E-state index in [0.717, 1.165) is 77.0 Å². The van der Waals surface area contributed by atoms with Gasteiger partial charge in [-0.3, -0.25) is 14.4 Å². The third kappa shape index (κ3) is 64.7. The van der Waals surface area contributed by atoms with Crippen LogP contribution in [0.25, 0.3) is 0 Å². The van der Waals surface area contributed by atoms with Gasteiger partial charge >= 0.3 is 17.9 Å². The van der Waals surface area contributed by atoms with E-state index in [4.69, 9.17) is 14.2 Å². The molecule has 6 nitrogen and oxygen atoms in total. The summed E-state index contributed by atoms with van der Waals surface area (Å²) in [5.41, 5.74) is 0. The molecule has 0 aliphatic rings. The van der Waals surface area contributed by atoms with Crippen LogP contribution in [0, 0.1) is 0 Å². The van der Waals surface area contributed by atoms with Crippen molar-refractivity contribution >= 4 is 17.9 Å². The number of hydrogen-bond acceptors (Lipinski definition) is 6. The van der Waals surface area contributed by atoms with Crippen LogP contribution in [0.1, 0.15) is 400 Å². The summed E-state index contributed by atoms with van der Waals surface area (Å²) in [5.74, 6) is -0.861. The number of carbonyl (C=O) groups excluding carboxylic acids is 3. The molecule has 0 aliphatic carbocycles. The minimum atomic E-state index is -0.774. The van der Waals surface area contributed by atoms with Gasteiger partial charge < -0.3 is 14.2 Å². The van der Waals surface area contributed by atoms with Crippen LogP contribution in [-0.4, -0.2) is 37.2 Å². The number of unbranched alkanes of at least 4 members (excludes halogenated alkanes) is 51. The number of carbonyl (C=O) groups is 3. The molecule has 0 fully saturated rings. The van der Waals surface area contributed by atoms with Crippen molar-refractivity contribution in [1.82, 2.24) is 0 Å². The Balaban J connectivity index is 4.00. The summed E-state index contributed by atoms with van der Waals surface area (Å²) in [5, 5.41) is 0. The van der Waals surface area contributed by atoms with Crippen LogP contribution in [0.2, 0.25) is 0 Å². The fourth-order valence-electron chi connectivity index (χ4n) is 10.9. The van der Waals surface area contributed by atoms with Crippen LogP contribution < -0.4 is 0 Å². The molecule has 0 bridgehead atoms. The summed E-state index contributed by atoms with van der Waals surface area (Å²) < 4.78 is 16.9. The van der Waals surface area contributed by atoms with Crippen LogP contribution in [0.3, 0.4) is 0 Å². The number of hydrogen-bond donors (Lipinski definition) is 0. The Bertz CT molecular complexity index is 1260. The van der Waals surface area contributed by atoms with Crippen LogP contribution in [0.4, 0.5) is 0 Å². The predicted molar refractivity (Wildman–Crippen MR) is 340 cm³/mol. The van der Waals surface area contributed by atoms with Gasteiger partial charge in [0.15, 0.2) is 6.10 Å². The summed E-state index contributed by atoms with van der Waals surface area (Å²) in [6, 6.07) is 0. The van der Waals surface area contributed by atoms with Gasteiger partial charge in [-0.25, -0.2) is 0 Å². The average molecular weight is 1100 g/mol. The molecule has 460 valence electrons. The Kier molecular flexibility index (Phi) is 65.6. The Labute approximate surface area is 487 Å². The zero-order chi connectivity index (χ0) is 56.4. The molecule has 0 rings (SSSR count). The lowest BCUT2D eigenvalue weighted by Gasteiger charge is -2.18. The third-order valence-electron chi connectivity index (χ3n) is 16.2. The fourth-order valence-corrected chi connectivity index (χ4v) is 10.9. The van der Waals surface area contributed by atoms with Gasteiger partial charge in [0.2, 0.25) is 0 Å². The van der Waals surface area contributed by atoms with E-state index >= 15 is 0 Å². The maximum Gasteiger partial charge on any atom is 0.306 e. The minimum absolute atomic E-state index is 0.0714. The van der Waals surface area contributed by atoms with Crippen molar-refractivity contribution in [2.45, 2.75) is 406 Å². The highest BCUT2D eigenvalue weighted by atomic mass is 16.6. The van der Waals surface area contributed by atoms with E-state index in [1.807, 2.05) is 0 Å². The Morgan fingerprint density at radius 1 is 0.256 bits per heavy atom. The molecule has 0 amide bonds. The maximum atomic E-state index is 12.9. The molecule has 0 aliphatic heterocycles. The zero-order valence-corrected chi connectivity index (χ0v) is 53.0. The standard InChI is InChI=1S/C72H136O6/c1-4-7-10-13-16-19-22-24-26-28-29-30-31-32-33-34-35-36-37-38-39-40-41-42-43-44-45-47-48-50-53-56-59-62-65-71(74)77-68-69(67-76-70(73)64-61-58-55-52-21-18-15-12-9-6-3)78-72(75)66-63-60-57-54-51-49-46-27-25-23-20-17-14-11-8-5-2/h20,23,27,46,69H,4-19,21-22,24-26,28-45,47-68H2,1-3H3/b23-20-,46-27-. The number of allylic oxidation sites excluding steroid dienone is 4. The second-order valence-corrected chi connectivity index (χ2v) is 24.2. The van der Waals surface area contributed by atoms with Crippen LogP contribution >= 0.6 is 0 Å². The van der Waals surface area contributed by atoms with Gasteiger partial charge in [0.25, 0.3) is 0 Å².